The molecule has 0 fully saturated rings. The van der Waals surface area contributed by atoms with Crippen LogP contribution in [0.3, 0.4) is 0 Å². The van der Waals surface area contributed by atoms with Gasteiger partial charge in [0.1, 0.15) is 5.52 Å². The lowest BCUT2D eigenvalue weighted by atomic mass is 10.2. The average molecular weight is 222 g/mol. The van der Waals surface area contributed by atoms with Gasteiger partial charge in [0, 0.05) is 18.8 Å². The van der Waals surface area contributed by atoms with Crippen molar-refractivity contribution >= 4 is 35.3 Å². The third-order valence-electron chi connectivity index (χ3n) is 2.21. The largest absolute Gasteiger partial charge is 0.443 e. The van der Waals surface area contributed by atoms with Crippen LogP contribution in [0.2, 0.25) is 0 Å². The Labute approximate surface area is 92.3 Å². The predicted octanol–water partition coefficient (Wildman–Crippen LogP) is 1.72. The molecule has 78 valence electrons. The topological polar surface area (TPSA) is 46.3 Å². The molecule has 5 heteroatoms. The molecule has 0 N–H and O–H groups in total. The summed E-state index contributed by atoms with van der Waals surface area (Å²) in [6.45, 7) is 0. The van der Waals surface area contributed by atoms with E-state index in [1.165, 1.54) is 11.3 Å². The van der Waals surface area contributed by atoms with Crippen molar-refractivity contribution in [3.63, 3.8) is 0 Å². The molecule has 1 aromatic carbocycles. The lowest BCUT2D eigenvalue weighted by molar-refractivity contribution is -0.115. The van der Waals surface area contributed by atoms with Crippen LogP contribution in [0.15, 0.2) is 29.0 Å². The summed E-state index contributed by atoms with van der Waals surface area (Å²) >= 11 is 3.94. The minimum atomic E-state index is -0.0581. The normalized spacial score (nSPS) is 10.5. The van der Waals surface area contributed by atoms with Crippen LogP contribution >= 0.6 is 12.6 Å². The second-order valence-electron chi connectivity index (χ2n) is 3.12. The maximum absolute atomic E-state index is 11.4. The Bertz CT molecular complexity index is 495. The standard InChI is InChI=1S/C10H10N2O2S/c1-12(10(13)5-15)7-2-3-8-9(4-7)14-6-11-8/h2-4,6,15H,5H2,1H3. The van der Waals surface area contributed by atoms with Crippen LogP contribution in [0, 0.1) is 0 Å². The van der Waals surface area contributed by atoms with Crippen molar-refractivity contribution in [2.24, 2.45) is 0 Å². The van der Waals surface area contributed by atoms with Crippen LogP contribution in [0.4, 0.5) is 5.69 Å². The molecule has 1 aromatic heterocycles. The smallest absolute Gasteiger partial charge is 0.236 e. The number of oxazole rings is 1. The second-order valence-corrected chi connectivity index (χ2v) is 3.43. The molecule has 1 amide bonds. The fourth-order valence-corrected chi connectivity index (χ4v) is 1.51. The number of amides is 1. The van der Waals surface area contributed by atoms with Crippen LogP contribution < -0.4 is 4.90 Å². The van der Waals surface area contributed by atoms with E-state index in [0.717, 1.165) is 11.2 Å². The number of rotatable bonds is 2. The van der Waals surface area contributed by atoms with Gasteiger partial charge >= 0.3 is 0 Å². The number of nitrogens with zero attached hydrogens (tertiary/aromatic N) is 2. The van der Waals surface area contributed by atoms with Gasteiger partial charge in [0.25, 0.3) is 0 Å². The van der Waals surface area contributed by atoms with Crippen molar-refractivity contribution in [3.8, 4) is 0 Å². The van der Waals surface area contributed by atoms with Crippen molar-refractivity contribution < 1.29 is 9.21 Å². The predicted molar refractivity (Wildman–Crippen MR) is 61.3 cm³/mol. The lowest BCUT2D eigenvalue weighted by Crippen LogP contribution is -2.27. The van der Waals surface area contributed by atoms with Crippen LogP contribution in [0.5, 0.6) is 0 Å². The zero-order valence-corrected chi connectivity index (χ0v) is 9.07. The first-order chi connectivity index (χ1) is 7.22. The fourth-order valence-electron chi connectivity index (χ4n) is 1.30. The number of aromatic nitrogens is 1. The van der Waals surface area contributed by atoms with Crippen LogP contribution in [0.1, 0.15) is 0 Å². The van der Waals surface area contributed by atoms with E-state index < -0.39 is 0 Å². The van der Waals surface area contributed by atoms with Gasteiger partial charge in [0.15, 0.2) is 12.0 Å². The molecule has 1 heterocycles. The van der Waals surface area contributed by atoms with Crippen molar-refractivity contribution in [3.05, 3.63) is 24.6 Å². The maximum Gasteiger partial charge on any atom is 0.236 e. The molecule has 0 spiro atoms. The van der Waals surface area contributed by atoms with Crippen LogP contribution in [-0.2, 0) is 4.79 Å². The first kappa shape index (κ1) is 10.0. The molecule has 0 atom stereocenters. The summed E-state index contributed by atoms with van der Waals surface area (Å²) in [6.07, 6.45) is 1.38. The Morgan fingerprint density at radius 2 is 2.40 bits per heavy atom. The highest BCUT2D eigenvalue weighted by Crippen LogP contribution is 2.20. The van der Waals surface area contributed by atoms with Crippen molar-refractivity contribution in [2.75, 3.05) is 17.7 Å². The van der Waals surface area contributed by atoms with E-state index in [4.69, 9.17) is 4.42 Å². The van der Waals surface area contributed by atoms with Gasteiger partial charge in [0.05, 0.1) is 5.75 Å². The Kier molecular flexibility index (Phi) is 2.64. The van der Waals surface area contributed by atoms with Gasteiger partial charge in [-0.25, -0.2) is 4.98 Å². The van der Waals surface area contributed by atoms with Gasteiger partial charge in [0.2, 0.25) is 5.91 Å². The summed E-state index contributed by atoms with van der Waals surface area (Å²) < 4.78 is 5.15. The van der Waals surface area contributed by atoms with Crippen molar-refractivity contribution in [1.82, 2.24) is 4.98 Å². The van der Waals surface area contributed by atoms with E-state index in [-0.39, 0.29) is 11.7 Å². The maximum atomic E-state index is 11.4. The summed E-state index contributed by atoms with van der Waals surface area (Å²) in [5.74, 6) is 0.127. The number of carbonyl (C=O) groups excluding carboxylic acids is 1. The lowest BCUT2D eigenvalue weighted by Gasteiger charge is -2.15. The zero-order chi connectivity index (χ0) is 10.8. The highest BCUT2D eigenvalue weighted by atomic mass is 32.1. The first-order valence-corrected chi connectivity index (χ1v) is 5.06. The van der Waals surface area contributed by atoms with Crippen molar-refractivity contribution in [1.29, 1.82) is 0 Å². The minimum absolute atomic E-state index is 0.0581. The van der Waals surface area contributed by atoms with Gasteiger partial charge < -0.3 is 9.32 Å². The highest BCUT2D eigenvalue weighted by Gasteiger charge is 2.10. The highest BCUT2D eigenvalue weighted by molar-refractivity contribution is 7.81. The molecule has 0 unspecified atom stereocenters. The third-order valence-corrected chi connectivity index (χ3v) is 2.48. The summed E-state index contributed by atoms with van der Waals surface area (Å²) in [7, 11) is 1.70. The fraction of sp³-hybridized carbons (Fsp3) is 0.200. The van der Waals surface area contributed by atoms with Gasteiger partial charge in [-0.05, 0) is 12.1 Å². The Morgan fingerprint density at radius 1 is 1.60 bits per heavy atom. The molecule has 2 aromatic rings. The molecule has 0 aliphatic carbocycles. The number of benzene rings is 1. The Hall–Kier alpha value is -1.49. The molecule has 0 aliphatic heterocycles. The Morgan fingerprint density at radius 3 is 3.13 bits per heavy atom. The summed E-state index contributed by atoms with van der Waals surface area (Å²) in [6, 6.07) is 5.42. The molecule has 4 nitrogen and oxygen atoms in total. The minimum Gasteiger partial charge on any atom is -0.443 e. The van der Waals surface area contributed by atoms with E-state index in [1.54, 1.807) is 13.1 Å². The number of carbonyl (C=O) groups is 1. The van der Waals surface area contributed by atoms with E-state index >= 15 is 0 Å². The number of hydrogen-bond acceptors (Lipinski definition) is 4. The third kappa shape index (κ3) is 1.83. The van der Waals surface area contributed by atoms with Gasteiger partial charge in [-0.3, -0.25) is 4.79 Å². The van der Waals surface area contributed by atoms with E-state index in [9.17, 15) is 4.79 Å². The molecule has 0 radical (unpaired) electrons. The van der Waals surface area contributed by atoms with E-state index in [0.29, 0.717) is 5.58 Å². The SMILES string of the molecule is CN(C(=O)CS)c1ccc2ncoc2c1. The second kappa shape index (κ2) is 3.94. The van der Waals surface area contributed by atoms with E-state index in [2.05, 4.69) is 17.6 Å². The molecular formula is C10H10N2O2S. The average Bonchev–Trinajstić information content (AvgIpc) is 2.73. The molecular weight excluding hydrogens is 212 g/mol. The number of fused-ring (bicyclic) bond motifs is 1. The van der Waals surface area contributed by atoms with Crippen LogP contribution in [-0.4, -0.2) is 23.7 Å². The monoisotopic (exact) mass is 222 g/mol. The van der Waals surface area contributed by atoms with Crippen molar-refractivity contribution in [2.45, 2.75) is 0 Å². The quantitative estimate of drug-likeness (QED) is 0.787. The van der Waals surface area contributed by atoms with Gasteiger partial charge in [-0.2, -0.15) is 12.6 Å². The van der Waals surface area contributed by atoms with Crippen LogP contribution in [0.25, 0.3) is 11.1 Å². The number of hydrogen-bond donors (Lipinski definition) is 1. The molecule has 0 saturated carbocycles. The summed E-state index contributed by atoms with van der Waals surface area (Å²) in [5, 5.41) is 0. The van der Waals surface area contributed by atoms with Gasteiger partial charge in [-0.15, -0.1) is 0 Å². The summed E-state index contributed by atoms with van der Waals surface area (Å²) in [4.78, 5) is 16.9. The molecule has 2 rings (SSSR count). The van der Waals surface area contributed by atoms with E-state index in [1.807, 2.05) is 12.1 Å². The summed E-state index contributed by atoms with van der Waals surface area (Å²) in [5.41, 5.74) is 2.23. The molecule has 0 bridgehead atoms. The zero-order valence-electron chi connectivity index (χ0n) is 8.17. The Balaban J connectivity index is 2.39. The first-order valence-electron chi connectivity index (χ1n) is 4.43. The molecule has 15 heavy (non-hydrogen) atoms. The molecule has 0 saturated heterocycles. The van der Waals surface area contributed by atoms with Gasteiger partial charge in [-0.1, -0.05) is 0 Å². The number of anilines is 1. The molecule has 0 aliphatic rings. The number of thiol groups is 1.